The molecule has 2 aromatic carbocycles. The molecule has 8 heteroatoms. The lowest BCUT2D eigenvalue weighted by molar-refractivity contribution is -0.139. The molecule has 0 heterocycles. The fourth-order valence-electron chi connectivity index (χ4n) is 1.92. The Balaban J connectivity index is 2.31. The topological polar surface area (TPSA) is 46.2 Å². The van der Waals surface area contributed by atoms with Gasteiger partial charge in [0.05, 0.1) is 10.5 Å². The highest BCUT2D eigenvalue weighted by Crippen LogP contribution is 2.35. The van der Waals surface area contributed by atoms with Crippen molar-refractivity contribution < 1.29 is 21.6 Å². The normalized spacial score (nSPS) is 12.4. The van der Waals surface area contributed by atoms with E-state index in [1.807, 2.05) is 6.92 Å². The molecule has 1 N–H and O–H groups in total. The van der Waals surface area contributed by atoms with Crippen molar-refractivity contribution >= 4 is 21.6 Å². The van der Waals surface area contributed by atoms with E-state index in [2.05, 4.69) is 4.72 Å². The van der Waals surface area contributed by atoms with Crippen LogP contribution in [0.25, 0.3) is 0 Å². The first-order valence-electron chi connectivity index (χ1n) is 6.51. The molecule has 0 spiro atoms. The average Bonchev–Trinajstić information content (AvgIpc) is 2.45. The zero-order chi connectivity index (χ0) is 17.3. The summed E-state index contributed by atoms with van der Waals surface area (Å²) in [7, 11) is -4.33. The van der Waals surface area contributed by atoms with Crippen LogP contribution in [0.1, 0.15) is 16.7 Å². The van der Waals surface area contributed by atoms with Crippen LogP contribution < -0.4 is 4.72 Å². The third kappa shape index (κ3) is 4.46. The molecule has 3 nitrogen and oxygen atoms in total. The van der Waals surface area contributed by atoms with Crippen LogP contribution in [-0.4, -0.2) is 8.42 Å². The van der Waals surface area contributed by atoms with Crippen LogP contribution in [0.3, 0.4) is 0 Å². The molecule has 0 saturated heterocycles. The molecule has 2 aromatic rings. The Morgan fingerprint density at radius 2 is 1.70 bits per heavy atom. The Hall–Kier alpha value is -1.57. The van der Waals surface area contributed by atoms with Crippen LogP contribution in [0.2, 0.25) is 5.02 Å². The van der Waals surface area contributed by atoms with Crippen molar-refractivity contribution in [3.05, 3.63) is 64.2 Å². The van der Waals surface area contributed by atoms with Crippen LogP contribution in [0, 0.1) is 6.92 Å². The van der Waals surface area contributed by atoms with E-state index in [1.54, 1.807) is 24.3 Å². The first-order valence-corrected chi connectivity index (χ1v) is 8.38. The van der Waals surface area contributed by atoms with Crippen LogP contribution >= 0.6 is 11.6 Å². The summed E-state index contributed by atoms with van der Waals surface area (Å²) in [6.07, 6.45) is -4.82. The van der Waals surface area contributed by atoms with Crippen LogP contribution in [0.15, 0.2) is 47.4 Å². The van der Waals surface area contributed by atoms with Gasteiger partial charge in [-0.1, -0.05) is 41.4 Å². The van der Waals surface area contributed by atoms with Crippen molar-refractivity contribution in [2.45, 2.75) is 24.5 Å². The Morgan fingerprint density at radius 3 is 2.26 bits per heavy atom. The van der Waals surface area contributed by atoms with Gasteiger partial charge in [-0.25, -0.2) is 13.1 Å². The Kier molecular flexibility index (Phi) is 5.03. The van der Waals surface area contributed by atoms with Gasteiger partial charge < -0.3 is 0 Å². The van der Waals surface area contributed by atoms with Gasteiger partial charge in [-0.05, 0) is 30.7 Å². The third-order valence-corrected chi connectivity index (χ3v) is 4.82. The van der Waals surface area contributed by atoms with E-state index in [-0.39, 0.29) is 11.6 Å². The summed E-state index contributed by atoms with van der Waals surface area (Å²) in [6.45, 7) is 1.76. The van der Waals surface area contributed by atoms with E-state index in [0.29, 0.717) is 11.6 Å². The average molecular weight is 364 g/mol. The van der Waals surface area contributed by atoms with Gasteiger partial charge in [-0.2, -0.15) is 13.2 Å². The fourth-order valence-corrected chi connectivity index (χ4v) is 3.32. The molecule has 2 rings (SSSR count). The lowest BCUT2D eigenvalue weighted by Crippen LogP contribution is -2.26. The summed E-state index contributed by atoms with van der Waals surface area (Å²) in [5.74, 6) is 0. The van der Waals surface area contributed by atoms with E-state index in [1.165, 1.54) is 0 Å². The summed E-state index contributed by atoms with van der Waals surface area (Å²) in [5, 5.41) is -0.185. The molecule has 0 aliphatic heterocycles. The Bertz CT molecular complexity index is 802. The molecule has 0 aromatic heterocycles. The minimum atomic E-state index is -4.82. The number of hydrogen-bond acceptors (Lipinski definition) is 2. The number of rotatable bonds is 4. The van der Waals surface area contributed by atoms with E-state index < -0.39 is 26.7 Å². The number of aryl methyl sites for hydroxylation is 1. The molecule has 0 radical (unpaired) electrons. The molecule has 0 aliphatic rings. The van der Waals surface area contributed by atoms with Gasteiger partial charge in [-0.15, -0.1) is 0 Å². The molecule has 0 atom stereocenters. The van der Waals surface area contributed by atoms with E-state index in [9.17, 15) is 21.6 Å². The summed E-state index contributed by atoms with van der Waals surface area (Å²) in [6, 6.07) is 9.52. The van der Waals surface area contributed by atoms with Gasteiger partial charge in [0, 0.05) is 11.6 Å². The minimum Gasteiger partial charge on any atom is -0.207 e. The van der Waals surface area contributed by atoms with Crippen molar-refractivity contribution in [3.8, 4) is 0 Å². The number of benzene rings is 2. The number of alkyl halides is 3. The van der Waals surface area contributed by atoms with E-state index >= 15 is 0 Å². The second-order valence-electron chi connectivity index (χ2n) is 4.95. The second-order valence-corrected chi connectivity index (χ2v) is 7.12. The first-order chi connectivity index (χ1) is 10.6. The van der Waals surface area contributed by atoms with Gasteiger partial charge in [-0.3, -0.25) is 0 Å². The zero-order valence-electron chi connectivity index (χ0n) is 12.0. The monoisotopic (exact) mass is 363 g/mol. The molecule has 0 amide bonds. The van der Waals surface area contributed by atoms with Gasteiger partial charge in [0.2, 0.25) is 10.0 Å². The molecule has 0 aliphatic carbocycles. The van der Waals surface area contributed by atoms with Gasteiger partial charge in [0.15, 0.2) is 0 Å². The Labute approximate surface area is 137 Å². The maximum Gasteiger partial charge on any atom is 0.417 e. The lowest BCUT2D eigenvalue weighted by Gasteiger charge is -2.14. The summed E-state index contributed by atoms with van der Waals surface area (Å²) in [4.78, 5) is -0.846. The third-order valence-electron chi connectivity index (χ3n) is 3.12. The SMILES string of the molecule is Cc1ccc(CNS(=O)(=O)c2ccc(Cl)cc2C(F)(F)F)cc1. The van der Waals surface area contributed by atoms with Gasteiger partial charge in [0.25, 0.3) is 0 Å². The van der Waals surface area contributed by atoms with Crippen molar-refractivity contribution in [1.82, 2.24) is 4.72 Å². The number of hydrogen-bond donors (Lipinski definition) is 1. The summed E-state index contributed by atoms with van der Waals surface area (Å²) < 4.78 is 65.6. The maximum atomic E-state index is 13.0. The zero-order valence-corrected chi connectivity index (χ0v) is 13.6. The summed E-state index contributed by atoms with van der Waals surface area (Å²) in [5.41, 5.74) is 0.344. The highest BCUT2D eigenvalue weighted by molar-refractivity contribution is 7.89. The maximum absolute atomic E-state index is 13.0. The quantitative estimate of drug-likeness (QED) is 0.887. The van der Waals surface area contributed by atoms with Crippen molar-refractivity contribution in [3.63, 3.8) is 0 Å². The van der Waals surface area contributed by atoms with Crippen LogP contribution in [0.4, 0.5) is 13.2 Å². The second kappa shape index (κ2) is 6.51. The van der Waals surface area contributed by atoms with Crippen molar-refractivity contribution in [1.29, 1.82) is 0 Å². The van der Waals surface area contributed by atoms with E-state index in [4.69, 9.17) is 11.6 Å². The molecular formula is C15H13ClF3NO2S. The number of halogens is 4. The highest BCUT2D eigenvalue weighted by Gasteiger charge is 2.37. The smallest absolute Gasteiger partial charge is 0.207 e. The minimum absolute atomic E-state index is 0.109. The molecule has 0 saturated carbocycles. The largest absolute Gasteiger partial charge is 0.417 e. The highest BCUT2D eigenvalue weighted by atomic mass is 35.5. The lowest BCUT2D eigenvalue weighted by atomic mass is 10.2. The van der Waals surface area contributed by atoms with Gasteiger partial charge >= 0.3 is 6.18 Å². The van der Waals surface area contributed by atoms with Gasteiger partial charge in [0.1, 0.15) is 0 Å². The number of nitrogens with one attached hydrogen (secondary N) is 1. The van der Waals surface area contributed by atoms with Crippen molar-refractivity contribution in [2.24, 2.45) is 0 Å². The Morgan fingerprint density at radius 1 is 1.09 bits per heavy atom. The number of sulfonamides is 1. The van der Waals surface area contributed by atoms with E-state index in [0.717, 1.165) is 17.7 Å². The molecule has 124 valence electrons. The molecular weight excluding hydrogens is 351 g/mol. The van der Waals surface area contributed by atoms with Crippen LogP contribution in [0.5, 0.6) is 0 Å². The molecule has 23 heavy (non-hydrogen) atoms. The predicted octanol–water partition coefficient (Wildman–Crippen LogP) is 4.15. The predicted molar refractivity (Wildman–Crippen MR) is 81.7 cm³/mol. The van der Waals surface area contributed by atoms with Crippen molar-refractivity contribution in [2.75, 3.05) is 0 Å². The molecule has 0 bridgehead atoms. The summed E-state index contributed by atoms with van der Waals surface area (Å²) >= 11 is 5.55. The fraction of sp³-hybridized carbons (Fsp3) is 0.200. The molecule has 0 fully saturated rings. The molecule has 0 unspecified atom stereocenters. The first kappa shape index (κ1) is 17.8. The standard InChI is InChI=1S/C15H13ClF3NO2S/c1-10-2-4-11(5-3-10)9-20-23(21,22)14-7-6-12(16)8-13(14)15(17,18)19/h2-8,20H,9H2,1H3. The van der Waals surface area contributed by atoms with Crippen LogP contribution in [-0.2, 0) is 22.7 Å².